The van der Waals surface area contributed by atoms with Crippen LogP contribution in [-0.2, 0) is 0 Å². The van der Waals surface area contributed by atoms with Crippen molar-refractivity contribution in [2.75, 3.05) is 0 Å². The van der Waals surface area contributed by atoms with Gasteiger partial charge in [-0.25, -0.2) is 0 Å². The fraction of sp³-hybridized carbons (Fsp3) is 0.400. The van der Waals surface area contributed by atoms with Crippen LogP contribution >= 0.6 is 15.9 Å². The molecule has 3 nitrogen and oxygen atoms in total. The van der Waals surface area contributed by atoms with Crippen LogP contribution in [-0.4, -0.2) is 10.1 Å². The Morgan fingerprint density at radius 2 is 2.21 bits per heavy atom. The highest BCUT2D eigenvalue weighted by Gasteiger charge is 2.29. The molecule has 0 aliphatic heterocycles. The highest BCUT2D eigenvalue weighted by Crippen LogP contribution is 2.31. The molecule has 1 unspecified atom stereocenters. The van der Waals surface area contributed by atoms with Gasteiger partial charge in [-0.1, -0.05) is 0 Å². The normalized spacial score (nSPS) is 13.4. The molecule has 1 heterocycles. The Hall–Kier alpha value is -0.920. The first-order valence-corrected chi connectivity index (χ1v) is 4.97. The van der Waals surface area contributed by atoms with Crippen molar-refractivity contribution in [3.05, 3.63) is 28.5 Å². The van der Waals surface area contributed by atoms with Crippen LogP contribution in [0.25, 0.3) is 0 Å². The average molecular weight is 255 g/mol. The van der Waals surface area contributed by atoms with E-state index in [2.05, 4.69) is 27.0 Å². The van der Waals surface area contributed by atoms with E-state index < -0.39 is 11.5 Å². The average Bonchev–Trinajstić information content (AvgIpc) is 2.18. The number of rotatable bonds is 2. The monoisotopic (exact) mass is 254 g/mol. The van der Waals surface area contributed by atoms with Gasteiger partial charge in [0.05, 0.1) is 17.2 Å². The molecule has 1 N–H and O–H groups in total. The van der Waals surface area contributed by atoms with Crippen molar-refractivity contribution in [2.24, 2.45) is 5.41 Å². The lowest BCUT2D eigenvalue weighted by Crippen LogP contribution is -2.20. The summed E-state index contributed by atoms with van der Waals surface area (Å²) in [4.78, 5) is 4.04. The van der Waals surface area contributed by atoms with E-state index in [0.717, 1.165) is 4.47 Å². The maximum absolute atomic E-state index is 9.84. The Morgan fingerprint density at radius 3 is 2.64 bits per heavy atom. The van der Waals surface area contributed by atoms with Crippen LogP contribution in [0.5, 0.6) is 0 Å². The molecule has 0 saturated carbocycles. The molecule has 1 atom stereocenters. The molecule has 4 heteroatoms. The molecular weight excluding hydrogens is 244 g/mol. The summed E-state index contributed by atoms with van der Waals surface area (Å²) >= 11 is 3.25. The summed E-state index contributed by atoms with van der Waals surface area (Å²) in [7, 11) is 0. The van der Waals surface area contributed by atoms with E-state index >= 15 is 0 Å². The van der Waals surface area contributed by atoms with Crippen molar-refractivity contribution < 1.29 is 5.11 Å². The van der Waals surface area contributed by atoms with Crippen LogP contribution in [0.4, 0.5) is 0 Å². The summed E-state index contributed by atoms with van der Waals surface area (Å²) in [5.41, 5.74) is -0.305. The molecule has 1 aromatic heterocycles. The summed E-state index contributed by atoms with van der Waals surface area (Å²) in [6.45, 7) is 3.36. The number of nitrogens with zero attached hydrogens (tertiary/aromatic N) is 2. The summed E-state index contributed by atoms with van der Waals surface area (Å²) in [5.74, 6) is 0. The third-order valence-electron chi connectivity index (χ3n) is 2.00. The van der Waals surface area contributed by atoms with Crippen molar-refractivity contribution >= 4 is 15.9 Å². The molecule has 0 amide bonds. The Labute approximate surface area is 91.5 Å². The van der Waals surface area contributed by atoms with E-state index in [-0.39, 0.29) is 0 Å². The smallest absolute Gasteiger partial charge is 0.114 e. The SMILES string of the molecule is CC(C)(C#N)C(O)c1ccc(Br)cn1. The van der Waals surface area contributed by atoms with Gasteiger partial charge in [0.25, 0.3) is 0 Å². The first kappa shape index (κ1) is 11.2. The van der Waals surface area contributed by atoms with E-state index in [0.29, 0.717) is 5.69 Å². The van der Waals surface area contributed by atoms with Crippen molar-refractivity contribution in [3.8, 4) is 6.07 Å². The molecule has 0 bridgehead atoms. The minimum absolute atomic E-state index is 0.514. The van der Waals surface area contributed by atoms with Gasteiger partial charge >= 0.3 is 0 Å². The third kappa shape index (κ3) is 2.31. The molecule has 0 radical (unpaired) electrons. The number of aliphatic hydroxyl groups excluding tert-OH is 1. The van der Waals surface area contributed by atoms with E-state index in [1.54, 1.807) is 32.2 Å². The highest BCUT2D eigenvalue weighted by atomic mass is 79.9. The predicted molar refractivity (Wildman–Crippen MR) is 56.3 cm³/mol. The molecule has 14 heavy (non-hydrogen) atoms. The van der Waals surface area contributed by atoms with Gasteiger partial charge in [0.15, 0.2) is 0 Å². The zero-order chi connectivity index (χ0) is 10.8. The molecule has 74 valence electrons. The van der Waals surface area contributed by atoms with Crippen LogP contribution < -0.4 is 0 Å². The number of hydrogen-bond acceptors (Lipinski definition) is 3. The maximum atomic E-state index is 9.84. The van der Waals surface area contributed by atoms with Crippen LogP contribution in [0, 0.1) is 16.7 Å². The van der Waals surface area contributed by atoms with Crippen LogP contribution in [0.2, 0.25) is 0 Å². The van der Waals surface area contributed by atoms with E-state index in [1.165, 1.54) is 0 Å². The van der Waals surface area contributed by atoms with Crippen molar-refractivity contribution in [2.45, 2.75) is 20.0 Å². The number of halogens is 1. The molecule has 0 saturated heterocycles. The topological polar surface area (TPSA) is 56.9 Å². The van der Waals surface area contributed by atoms with E-state index in [9.17, 15) is 5.11 Å². The largest absolute Gasteiger partial charge is 0.385 e. The lowest BCUT2D eigenvalue weighted by atomic mass is 9.86. The molecule has 0 aromatic carbocycles. The fourth-order valence-corrected chi connectivity index (χ4v) is 1.21. The second-order valence-electron chi connectivity index (χ2n) is 3.64. The zero-order valence-electron chi connectivity index (χ0n) is 8.03. The Morgan fingerprint density at radius 1 is 1.57 bits per heavy atom. The van der Waals surface area contributed by atoms with Crippen LogP contribution in [0.3, 0.4) is 0 Å². The van der Waals surface area contributed by atoms with Gasteiger partial charge in [0, 0.05) is 10.7 Å². The zero-order valence-corrected chi connectivity index (χ0v) is 9.62. The summed E-state index contributed by atoms with van der Waals surface area (Å²) < 4.78 is 0.850. The molecule has 0 aliphatic carbocycles. The molecule has 1 aromatic rings. The van der Waals surface area contributed by atoms with E-state index in [1.807, 2.05) is 0 Å². The van der Waals surface area contributed by atoms with Gasteiger partial charge in [0.1, 0.15) is 6.10 Å². The number of aromatic nitrogens is 1. The molecule has 1 rings (SSSR count). The van der Waals surface area contributed by atoms with Gasteiger partial charge in [-0.05, 0) is 41.9 Å². The second kappa shape index (κ2) is 4.07. The summed E-state index contributed by atoms with van der Waals surface area (Å²) in [6, 6.07) is 5.55. The molecular formula is C10H11BrN2O. The number of nitriles is 1. The van der Waals surface area contributed by atoms with Gasteiger partial charge in [-0.2, -0.15) is 5.26 Å². The minimum atomic E-state index is -0.861. The Bertz CT molecular complexity index is 353. The van der Waals surface area contributed by atoms with Crippen molar-refractivity contribution in [1.82, 2.24) is 4.98 Å². The minimum Gasteiger partial charge on any atom is -0.385 e. The standard InChI is InChI=1S/C10H11BrN2O/c1-10(2,6-12)9(14)8-4-3-7(11)5-13-8/h3-5,9,14H,1-2H3. The first-order chi connectivity index (χ1) is 6.47. The molecule has 0 spiro atoms. The molecule has 0 aliphatic rings. The van der Waals surface area contributed by atoms with Gasteiger partial charge in [0.2, 0.25) is 0 Å². The molecule has 0 fully saturated rings. The van der Waals surface area contributed by atoms with Crippen LogP contribution in [0.15, 0.2) is 22.8 Å². The maximum Gasteiger partial charge on any atom is 0.114 e. The predicted octanol–water partition coefficient (Wildman–Crippen LogP) is 2.43. The summed E-state index contributed by atoms with van der Waals surface area (Å²) in [5, 5.41) is 18.7. The fourth-order valence-electron chi connectivity index (χ4n) is 0.980. The summed E-state index contributed by atoms with van der Waals surface area (Å²) in [6.07, 6.45) is 0.743. The highest BCUT2D eigenvalue weighted by molar-refractivity contribution is 9.10. The number of pyridine rings is 1. The Balaban J connectivity index is 2.96. The van der Waals surface area contributed by atoms with Gasteiger partial charge in [-0.15, -0.1) is 0 Å². The second-order valence-corrected chi connectivity index (χ2v) is 4.55. The van der Waals surface area contributed by atoms with E-state index in [4.69, 9.17) is 5.26 Å². The van der Waals surface area contributed by atoms with Gasteiger partial charge < -0.3 is 5.11 Å². The first-order valence-electron chi connectivity index (χ1n) is 4.18. The van der Waals surface area contributed by atoms with Crippen LogP contribution in [0.1, 0.15) is 25.6 Å². The lowest BCUT2D eigenvalue weighted by molar-refractivity contribution is 0.0827. The van der Waals surface area contributed by atoms with Crippen molar-refractivity contribution in [1.29, 1.82) is 5.26 Å². The number of aliphatic hydroxyl groups is 1. The third-order valence-corrected chi connectivity index (χ3v) is 2.47. The Kier molecular flexibility index (Phi) is 3.25. The van der Waals surface area contributed by atoms with Crippen molar-refractivity contribution in [3.63, 3.8) is 0 Å². The quantitative estimate of drug-likeness (QED) is 0.882. The lowest BCUT2D eigenvalue weighted by Gasteiger charge is -2.22. The number of hydrogen-bond donors (Lipinski definition) is 1. The van der Waals surface area contributed by atoms with Gasteiger partial charge in [-0.3, -0.25) is 4.98 Å².